The molecule has 0 aliphatic heterocycles. The van der Waals surface area contributed by atoms with E-state index in [1.165, 1.54) is 29.7 Å². The predicted octanol–water partition coefficient (Wildman–Crippen LogP) is 3.50. The van der Waals surface area contributed by atoms with E-state index in [1.807, 2.05) is 55.0 Å². The molecule has 0 saturated heterocycles. The number of nitrogens with one attached hydrogen (secondary N) is 1. The Morgan fingerprint density at radius 3 is 1.78 bits per heavy atom. The van der Waals surface area contributed by atoms with E-state index < -0.39 is 0 Å². The van der Waals surface area contributed by atoms with Crippen LogP contribution in [0.2, 0.25) is 0 Å². The Kier molecular flexibility index (Phi) is 6.23. The number of fused-ring (bicyclic) bond motifs is 1. The number of H-pyrrole nitrogens is 1. The fourth-order valence-corrected chi connectivity index (χ4v) is 1.73. The highest BCUT2D eigenvalue weighted by atomic mass is 16.1. The molecule has 2 heterocycles. The van der Waals surface area contributed by atoms with Crippen LogP contribution >= 0.6 is 0 Å². The maximum Gasteiger partial charge on any atom is 0.178 e. The number of aromatic amines is 1. The molecule has 0 spiro atoms. The van der Waals surface area contributed by atoms with Crippen molar-refractivity contribution < 1.29 is 9.59 Å². The van der Waals surface area contributed by atoms with Crippen molar-refractivity contribution >= 4 is 22.5 Å². The standard InChI is InChI=1S/C9H7N.C6H4O2.C4H5N/c1-2-6-9-8(4-1)5-3-7-10-9;7-5-1-2-6(8)4-3-5;1-2-4-5-3-1/h1-7H;1-4H;1-5H. The molecular formula is C19H16N2O2. The summed E-state index contributed by atoms with van der Waals surface area (Å²) in [4.78, 5) is 27.6. The molecule has 0 fully saturated rings. The van der Waals surface area contributed by atoms with E-state index in [4.69, 9.17) is 0 Å². The van der Waals surface area contributed by atoms with E-state index >= 15 is 0 Å². The van der Waals surface area contributed by atoms with Crippen molar-refractivity contribution in [1.82, 2.24) is 9.97 Å². The summed E-state index contributed by atoms with van der Waals surface area (Å²) in [6, 6.07) is 16.0. The van der Waals surface area contributed by atoms with Crippen molar-refractivity contribution in [3.8, 4) is 0 Å². The van der Waals surface area contributed by atoms with Gasteiger partial charge in [-0.2, -0.15) is 0 Å². The Bertz CT molecular complexity index is 698. The SMILES string of the molecule is O=C1C=CC(=O)C=C1.c1cc[nH]c1.c1ccc2ncccc2c1. The number of pyridine rings is 1. The molecule has 4 heteroatoms. The van der Waals surface area contributed by atoms with Gasteiger partial charge < -0.3 is 4.98 Å². The lowest BCUT2D eigenvalue weighted by Gasteiger charge is -1.91. The first-order chi connectivity index (χ1) is 11.3. The molecule has 4 rings (SSSR count). The Hall–Kier alpha value is -3.27. The van der Waals surface area contributed by atoms with Crippen LogP contribution in [0.15, 0.2) is 91.4 Å². The van der Waals surface area contributed by atoms with Crippen LogP contribution in [-0.4, -0.2) is 21.5 Å². The average Bonchev–Trinajstić information content (AvgIpc) is 3.18. The topological polar surface area (TPSA) is 62.8 Å². The van der Waals surface area contributed by atoms with Crippen LogP contribution in [0.3, 0.4) is 0 Å². The molecule has 0 saturated carbocycles. The maximum atomic E-state index is 10.3. The molecule has 0 bridgehead atoms. The van der Waals surface area contributed by atoms with Gasteiger partial charge in [-0.1, -0.05) is 24.3 Å². The molecule has 3 aromatic rings. The van der Waals surface area contributed by atoms with Gasteiger partial charge in [0.25, 0.3) is 0 Å². The largest absolute Gasteiger partial charge is 0.368 e. The van der Waals surface area contributed by atoms with Gasteiger partial charge in [-0.25, -0.2) is 0 Å². The normalized spacial score (nSPS) is 12.2. The van der Waals surface area contributed by atoms with E-state index in [0.29, 0.717) is 0 Å². The van der Waals surface area contributed by atoms with Gasteiger partial charge in [0.05, 0.1) is 5.52 Å². The predicted molar refractivity (Wildman–Crippen MR) is 90.8 cm³/mol. The lowest BCUT2D eigenvalue weighted by atomic mass is 10.2. The third-order valence-corrected chi connectivity index (χ3v) is 2.83. The zero-order valence-corrected chi connectivity index (χ0v) is 12.4. The Labute approximate surface area is 134 Å². The highest BCUT2D eigenvalue weighted by Gasteiger charge is 1.97. The smallest absolute Gasteiger partial charge is 0.178 e. The quantitative estimate of drug-likeness (QED) is 0.647. The minimum Gasteiger partial charge on any atom is -0.368 e. The van der Waals surface area contributed by atoms with Crippen LogP contribution in [-0.2, 0) is 9.59 Å². The van der Waals surface area contributed by atoms with E-state index in [1.54, 1.807) is 0 Å². The Morgan fingerprint density at radius 2 is 1.26 bits per heavy atom. The second kappa shape index (κ2) is 8.89. The van der Waals surface area contributed by atoms with E-state index in [9.17, 15) is 9.59 Å². The van der Waals surface area contributed by atoms with Crippen molar-refractivity contribution in [1.29, 1.82) is 0 Å². The number of carbonyl (C=O) groups excluding carboxylic acids is 2. The van der Waals surface area contributed by atoms with Gasteiger partial charge in [0.15, 0.2) is 11.6 Å². The summed E-state index contributed by atoms with van der Waals surface area (Å²) in [5, 5.41) is 1.20. The molecule has 4 nitrogen and oxygen atoms in total. The van der Waals surface area contributed by atoms with Gasteiger partial charge >= 0.3 is 0 Å². The van der Waals surface area contributed by atoms with Gasteiger partial charge in [-0.05, 0) is 48.6 Å². The zero-order valence-electron chi connectivity index (χ0n) is 12.4. The van der Waals surface area contributed by atoms with Crippen molar-refractivity contribution in [3.63, 3.8) is 0 Å². The molecule has 0 amide bonds. The van der Waals surface area contributed by atoms with Gasteiger partial charge in [-0.15, -0.1) is 0 Å². The second-order valence-electron chi connectivity index (χ2n) is 4.55. The second-order valence-corrected chi connectivity index (χ2v) is 4.55. The van der Waals surface area contributed by atoms with Gasteiger partial charge in [0.2, 0.25) is 0 Å². The average molecular weight is 304 g/mol. The number of ketones is 2. The van der Waals surface area contributed by atoms with Crippen LogP contribution in [0.25, 0.3) is 10.9 Å². The third kappa shape index (κ3) is 5.93. The number of aromatic nitrogens is 2. The first kappa shape index (κ1) is 16.1. The number of benzene rings is 1. The van der Waals surface area contributed by atoms with Crippen LogP contribution in [0.1, 0.15) is 0 Å². The zero-order chi connectivity index (χ0) is 16.3. The minimum atomic E-state index is -0.121. The van der Waals surface area contributed by atoms with Crippen LogP contribution in [0, 0.1) is 0 Å². The van der Waals surface area contributed by atoms with Crippen molar-refractivity contribution in [2.24, 2.45) is 0 Å². The van der Waals surface area contributed by atoms with Gasteiger partial charge in [0, 0.05) is 24.0 Å². The molecule has 0 radical (unpaired) electrons. The third-order valence-electron chi connectivity index (χ3n) is 2.83. The Morgan fingerprint density at radius 1 is 0.696 bits per heavy atom. The number of nitrogens with zero attached hydrogens (tertiary/aromatic N) is 1. The molecule has 0 atom stereocenters. The fraction of sp³-hybridized carbons (Fsp3) is 0. The van der Waals surface area contributed by atoms with Crippen LogP contribution in [0.4, 0.5) is 0 Å². The Balaban J connectivity index is 0.000000133. The monoisotopic (exact) mass is 304 g/mol. The molecule has 1 N–H and O–H groups in total. The molecular weight excluding hydrogens is 288 g/mol. The summed E-state index contributed by atoms with van der Waals surface area (Å²) in [7, 11) is 0. The molecule has 1 aliphatic carbocycles. The number of hydrogen-bond acceptors (Lipinski definition) is 3. The van der Waals surface area contributed by atoms with E-state index in [0.717, 1.165) is 5.52 Å². The first-order valence-electron chi connectivity index (χ1n) is 7.07. The van der Waals surface area contributed by atoms with Gasteiger partial charge in [-0.3, -0.25) is 14.6 Å². The summed E-state index contributed by atoms with van der Waals surface area (Å²) in [6.45, 7) is 0. The van der Waals surface area contributed by atoms with E-state index in [2.05, 4.69) is 22.1 Å². The number of carbonyl (C=O) groups is 2. The molecule has 1 aromatic carbocycles. The molecule has 0 unspecified atom stereocenters. The molecule has 1 aliphatic rings. The lowest BCUT2D eigenvalue weighted by molar-refractivity contribution is -0.113. The number of allylic oxidation sites excluding steroid dienone is 4. The van der Waals surface area contributed by atoms with Gasteiger partial charge in [0.1, 0.15) is 0 Å². The fourth-order valence-electron chi connectivity index (χ4n) is 1.73. The lowest BCUT2D eigenvalue weighted by Crippen LogP contribution is -1.97. The highest BCUT2D eigenvalue weighted by Crippen LogP contribution is 2.07. The summed E-state index contributed by atoms with van der Waals surface area (Å²) in [6.07, 6.45) is 10.6. The summed E-state index contributed by atoms with van der Waals surface area (Å²) in [5.41, 5.74) is 1.06. The summed E-state index contributed by atoms with van der Waals surface area (Å²) < 4.78 is 0. The van der Waals surface area contributed by atoms with Crippen molar-refractivity contribution in [2.75, 3.05) is 0 Å². The van der Waals surface area contributed by atoms with Crippen molar-refractivity contribution in [2.45, 2.75) is 0 Å². The molecule has 23 heavy (non-hydrogen) atoms. The minimum absolute atomic E-state index is 0.121. The van der Waals surface area contributed by atoms with Crippen LogP contribution < -0.4 is 0 Å². The van der Waals surface area contributed by atoms with E-state index in [-0.39, 0.29) is 11.6 Å². The summed E-state index contributed by atoms with van der Waals surface area (Å²) >= 11 is 0. The summed E-state index contributed by atoms with van der Waals surface area (Å²) in [5.74, 6) is -0.241. The number of para-hydroxylation sites is 1. The van der Waals surface area contributed by atoms with Crippen LogP contribution in [0.5, 0.6) is 0 Å². The first-order valence-corrected chi connectivity index (χ1v) is 7.07. The van der Waals surface area contributed by atoms with Crippen molar-refractivity contribution in [3.05, 3.63) is 91.4 Å². The molecule has 2 aromatic heterocycles. The highest BCUT2D eigenvalue weighted by molar-refractivity contribution is 6.14. The number of rotatable bonds is 0. The maximum absolute atomic E-state index is 10.3. The molecule has 114 valence electrons. The number of hydrogen-bond donors (Lipinski definition) is 1.